The Morgan fingerprint density at radius 2 is 1.69 bits per heavy atom. The molecule has 0 fully saturated rings. The number of hydrogen-bond acceptors (Lipinski definition) is 2. The molecule has 0 aromatic heterocycles. The minimum atomic E-state index is -0.220. The van der Waals surface area contributed by atoms with Gasteiger partial charge in [-0.25, -0.2) is 9.38 Å². The highest BCUT2D eigenvalue weighted by atomic mass is 127. The molecular weight excluding hydrogens is 442 g/mol. The van der Waals surface area contributed by atoms with Crippen molar-refractivity contribution in [1.29, 1.82) is 0 Å². The second-order valence-corrected chi connectivity index (χ2v) is 6.23. The fourth-order valence-electron chi connectivity index (χ4n) is 2.49. The molecule has 0 aliphatic carbocycles. The van der Waals surface area contributed by atoms with Crippen LogP contribution in [0.25, 0.3) is 0 Å². The van der Waals surface area contributed by atoms with Gasteiger partial charge in [-0.2, -0.15) is 0 Å². The molecule has 0 heterocycles. The van der Waals surface area contributed by atoms with Crippen LogP contribution in [0.4, 0.5) is 4.39 Å². The summed E-state index contributed by atoms with van der Waals surface area (Å²) in [5.74, 6) is 0.534. The van der Waals surface area contributed by atoms with Crippen LogP contribution in [-0.2, 0) is 19.6 Å². The normalized spacial score (nSPS) is 11.2. The molecule has 142 valence electrons. The number of nitrogens with zero attached hydrogens (tertiary/aromatic N) is 2. The highest BCUT2D eigenvalue weighted by Crippen LogP contribution is 2.08. The third kappa shape index (κ3) is 8.14. The molecule has 0 amide bonds. The first kappa shape index (κ1) is 22.4. The van der Waals surface area contributed by atoms with Gasteiger partial charge in [0.2, 0.25) is 0 Å². The summed E-state index contributed by atoms with van der Waals surface area (Å²) in [4.78, 5) is 6.79. The zero-order valence-corrected chi connectivity index (χ0v) is 18.0. The van der Waals surface area contributed by atoms with Gasteiger partial charge < -0.3 is 15.5 Å². The number of benzene rings is 2. The Labute approximate surface area is 172 Å². The summed E-state index contributed by atoms with van der Waals surface area (Å²) >= 11 is 0. The van der Waals surface area contributed by atoms with Crippen LogP contribution >= 0.6 is 24.0 Å². The molecule has 0 saturated heterocycles. The average Bonchev–Trinajstić information content (AvgIpc) is 2.58. The van der Waals surface area contributed by atoms with E-state index in [0.29, 0.717) is 13.1 Å². The lowest BCUT2D eigenvalue weighted by atomic mass is 10.1. The Balaban J connectivity index is 0.00000338. The minimum Gasteiger partial charge on any atom is -0.357 e. The molecule has 0 aliphatic heterocycles. The molecule has 6 heteroatoms. The summed E-state index contributed by atoms with van der Waals surface area (Å²) in [5.41, 5.74) is 3.47. The van der Waals surface area contributed by atoms with E-state index in [-0.39, 0.29) is 29.8 Å². The first-order valence-electron chi connectivity index (χ1n) is 8.56. The second kappa shape index (κ2) is 11.9. The number of hydrogen-bond donors (Lipinski definition) is 2. The van der Waals surface area contributed by atoms with Crippen LogP contribution < -0.4 is 10.6 Å². The lowest BCUT2D eigenvalue weighted by molar-refractivity contribution is 0.402. The Bertz CT molecular complexity index is 686. The van der Waals surface area contributed by atoms with E-state index in [2.05, 4.69) is 58.9 Å². The second-order valence-electron chi connectivity index (χ2n) is 6.23. The zero-order chi connectivity index (χ0) is 18.1. The SMILES string of the molecule is CCNC(=NCc1cccc(CN(C)C)c1)NCc1ccc(F)cc1.I. The smallest absolute Gasteiger partial charge is 0.191 e. The summed E-state index contributed by atoms with van der Waals surface area (Å²) in [5, 5.41) is 6.52. The quantitative estimate of drug-likeness (QED) is 0.368. The van der Waals surface area contributed by atoms with Crippen LogP contribution in [0.1, 0.15) is 23.6 Å². The van der Waals surface area contributed by atoms with Crippen LogP contribution in [0.15, 0.2) is 53.5 Å². The molecule has 0 radical (unpaired) electrons. The van der Waals surface area contributed by atoms with Crippen LogP contribution in [0.2, 0.25) is 0 Å². The molecular formula is C20H28FIN4. The molecule has 0 saturated carbocycles. The van der Waals surface area contributed by atoms with E-state index in [1.54, 1.807) is 12.1 Å². The first-order chi connectivity index (χ1) is 12.1. The van der Waals surface area contributed by atoms with Crippen molar-refractivity contribution in [2.75, 3.05) is 20.6 Å². The Kier molecular flexibility index (Phi) is 10.2. The van der Waals surface area contributed by atoms with Crippen molar-refractivity contribution >= 4 is 29.9 Å². The summed E-state index contributed by atoms with van der Waals surface area (Å²) in [6.07, 6.45) is 0. The fourth-order valence-corrected chi connectivity index (χ4v) is 2.49. The maximum atomic E-state index is 13.0. The zero-order valence-electron chi connectivity index (χ0n) is 15.6. The van der Waals surface area contributed by atoms with Gasteiger partial charge in [-0.15, -0.1) is 24.0 Å². The fraction of sp³-hybridized carbons (Fsp3) is 0.350. The third-order valence-corrected chi connectivity index (χ3v) is 3.63. The molecule has 4 nitrogen and oxygen atoms in total. The summed E-state index contributed by atoms with van der Waals surface area (Å²) in [6.45, 7) is 4.95. The van der Waals surface area contributed by atoms with Crippen LogP contribution in [-0.4, -0.2) is 31.5 Å². The van der Waals surface area contributed by atoms with Crippen molar-refractivity contribution in [3.63, 3.8) is 0 Å². The van der Waals surface area contributed by atoms with Gasteiger partial charge in [0.15, 0.2) is 5.96 Å². The van der Waals surface area contributed by atoms with Crippen LogP contribution in [0, 0.1) is 5.82 Å². The molecule has 26 heavy (non-hydrogen) atoms. The van der Waals surface area contributed by atoms with Gasteiger partial charge in [-0.1, -0.05) is 36.4 Å². The summed E-state index contributed by atoms with van der Waals surface area (Å²) in [7, 11) is 4.13. The lowest BCUT2D eigenvalue weighted by Gasteiger charge is -2.12. The van der Waals surface area contributed by atoms with E-state index < -0.39 is 0 Å². The van der Waals surface area contributed by atoms with E-state index in [1.165, 1.54) is 23.3 Å². The molecule has 2 aromatic carbocycles. The first-order valence-corrected chi connectivity index (χ1v) is 8.56. The van der Waals surface area contributed by atoms with Crippen LogP contribution in [0.5, 0.6) is 0 Å². The van der Waals surface area contributed by atoms with E-state index in [0.717, 1.165) is 24.6 Å². The molecule has 0 spiro atoms. The molecule has 2 N–H and O–H groups in total. The van der Waals surface area contributed by atoms with Crippen LogP contribution in [0.3, 0.4) is 0 Å². The third-order valence-electron chi connectivity index (χ3n) is 3.63. The van der Waals surface area contributed by atoms with E-state index >= 15 is 0 Å². The summed E-state index contributed by atoms with van der Waals surface area (Å²) < 4.78 is 13.0. The van der Waals surface area contributed by atoms with Gasteiger partial charge in [-0.05, 0) is 49.8 Å². The standard InChI is InChI=1S/C20H27FN4.HI/c1-4-22-20(23-13-16-8-10-19(21)11-9-16)24-14-17-6-5-7-18(12-17)15-25(2)3;/h5-12H,4,13-15H2,1-3H3,(H2,22,23,24);1H. The molecule has 0 bridgehead atoms. The van der Waals surface area contributed by atoms with Crippen molar-refractivity contribution in [3.8, 4) is 0 Å². The van der Waals surface area contributed by atoms with Crippen molar-refractivity contribution in [1.82, 2.24) is 15.5 Å². The predicted octanol–water partition coefficient (Wildman–Crippen LogP) is 3.76. The summed E-state index contributed by atoms with van der Waals surface area (Å²) in [6, 6.07) is 15.0. The Morgan fingerprint density at radius 1 is 1.00 bits per heavy atom. The molecule has 2 rings (SSSR count). The Morgan fingerprint density at radius 3 is 2.35 bits per heavy atom. The number of halogens is 2. The van der Waals surface area contributed by atoms with Gasteiger partial charge in [0, 0.05) is 19.6 Å². The highest BCUT2D eigenvalue weighted by molar-refractivity contribution is 14.0. The largest absolute Gasteiger partial charge is 0.357 e. The van der Waals surface area contributed by atoms with Gasteiger partial charge in [0.05, 0.1) is 6.54 Å². The average molecular weight is 470 g/mol. The number of rotatable bonds is 7. The predicted molar refractivity (Wildman–Crippen MR) is 117 cm³/mol. The molecule has 0 aliphatic rings. The maximum absolute atomic E-state index is 13.0. The highest BCUT2D eigenvalue weighted by Gasteiger charge is 2.01. The van der Waals surface area contributed by atoms with E-state index in [9.17, 15) is 4.39 Å². The number of nitrogens with one attached hydrogen (secondary N) is 2. The van der Waals surface area contributed by atoms with Gasteiger partial charge in [-0.3, -0.25) is 0 Å². The minimum absolute atomic E-state index is 0. The van der Waals surface area contributed by atoms with Crippen molar-refractivity contribution in [3.05, 3.63) is 71.0 Å². The lowest BCUT2D eigenvalue weighted by Crippen LogP contribution is -2.36. The maximum Gasteiger partial charge on any atom is 0.191 e. The van der Waals surface area contributed by atoms with Gasteiger partial charge in [0.25, 0.3) is 0 Å². The number of aliphatic imine (C=N–C) groups is 1. The van der Waals surface area contributed by atoms with E-state index in [4.69, 9.17) is 0 Å². The van der Waals surface area contributed by atoms with Crippen molar-refractivity contribution in [2.24, 2.45) is 4.99 Å². The molecule has 2 aromatic rings. The van der Waals surface area contributed by atoms with Gasteiger partial charge >= 0.3 is 0 Å². The molecule has 0 atom stereocenters. The number of guanidine groups is 1. The van der Waals surface area contributed by atoms with Crippen molar-refractivity contribution in [2.45, 2.75) is 26.6 Å². The topological polar surface area (TPSA) is 39.7 Å². The molecule has 0 unspecified atom stereocenters. The van der Waals surface area contributed by atoms with E-state index in [1.807, 2.05) is 6.92 Å². The van der Waals surface area contributed by atoms with Gasteiger partial charge in [0.1, 0.15) is 5.82 Å². The van der Waals surface area contributed by atoms with Crippen molar-refractivity contribution < 1.29 is 4.39 Å². The Hall–Kier alpha value is -1.67. The monoisotopic (exact) mass is 470 g/mol.